The van der Waals surface area contributed by atoms with Gasteiger partial charge in [-0.25, -0.2) is 4.98 Å². The Morgan fingerprint density at radius 3 is 2.78 bits per heavy atom. The van der Waals surface area contributed by atoms with Crippen molar-refractivity contribution >= 4 is 34.6 Å². The van der Waals surface area contributed by atoms with Gasteiger partial charge in [0.15, 0.2) is 0 Å². The third-order valence-electron chi connectivity index (χ3n) is 3.96. The van der Waals surface area contributed by atoms with E-state index in [4.69, 9.17) is 4.74 Å². The maximum Gasteiger partial charge on any atom is 0.311 e. The number of amides is 1. The Morgan fingerprint density at radius 2 is 2.13 bits per heavy atom. The number of hydrogen-bond donors (Lipinski definition) is 2. The van der Waals surface area contributed by atoms with E-state index < -0.39 is 11.4 Å². The summed E-state index contributed by atoms with van der Waals surface area (Å²) in [5.74, 6) is -1.23. The Kier molecular flexibility index (Phi) is 4.74. The van der Waals surface area contributed by atoms with Crippen LogP contribution in [0.2, 0.25) is 0 Å². The number of aromatic nitrogens is 1. The highest BCUT2D eigenvalue weighted by atomic mass is 32.1. The van der Waals surface area contributed by atoms with Gasteiger partial charge in [0.2, 0.25) is 0 Å². The van der Waals surface area contributed by atoms with Gasteiger partial charge in [0.25, 0.3) is 5.91 Å². The van der Waals surface area contributed by atoms with Crippen molar-refractivity contribution in [1.82, 2.24) is 10.3 Å². The number of nitrogens with zero attached hydrogens (tertiary/aromatic N) is 1. The first-order valence-corrected chi connectivity index (χ1v) is 8.95. The normalized spacial score (nSPS) is 16.9. The summed E-state index contributed by atoms with van der Waals surface area (Å²) in [6.45, 7) is 0.902. The average molecular weight is 352 g/mol. The molecule has 23 heavy (non-hydrogen) atoms. The highest BCUT2D eigenvalue weighted by molar-refractivity contribution is 7.20. The molecule has 0 aromatic carbocycles. The van der Waals surface area contributed by atoms with Crippen LogP contribution in [0.25, 0.3) is 9.88 Å². The van der Waals surface area contributed by atoms with E-state index in [9.17, 15) is 14.7 Å². The molecular formula is C15H16N2O4S2. The molecule has 3 heterocycles. The quantitative estimate of drug-likeness (QED) is 0.863. The van der Waals surface area contributed by atoms with Gasteiger partial charge in [-0.2, -0.15) is 0 Å². The van der Waals surface area contributed by atoms with E-state index in [2.05, 4.69) is 10.3 Å². The summed E-state index contributed by atoms with van der Waals surface area (Å²) in [6, 6.07) is 3.88. The van der Waals surface area contributed by atoms with Crippen LogP contribution >= 0.6 is 22.7 Å². The minimum absolute atomic E-state index is 0.0936. The van der Waals surface area contributed by atoms with Gasteiger partial charge in [-0.3, -0.25) is 9.59 Å². The second kappa shape index (κ2) is 6.77. The number of rotatable bonds is 5. The third kappa shape index (κ3) is 3.44. The zero-order valence-corrected chi connectivity index (χ0v) is 13.9. The molecule has 0 saturated carbocycles. The second-order valence-electron chi connectivity index (χ2n) is 5.40. The molecule has 0 unspecified atom stereocenters. The number of thiophene rings is 1. The van der Waals surface area contributed by atoms with E-state index in [1.807, 2.05) is 17.5 Å². The molecule has 3 rings (SSSR count). The smallest absolute Gasteiger partial charge is 0.311 e. The number of thiazole rings is 1. The van der Waals surface area contributed by atoms with Crippen LogP contribution in [0.15, 0.2) is 22.9 Å². The maximum atomic E-state index is 12.2. The van der Waals surface area contributed by atoms with Gasteiger partial charge < -0.3 is 15.2 Å². The monoisotopic (exact) mass is 352 g/mol. The summed E-state index contributed by atoms with van der Waals surface area (Å²) in [5.41, 5.74) is -0.619. The van der Waals surface area contributed by atoms with Crippen molar-refractivity contribution in [3.8, 4) is 9.88 Å². The summed E-state index contributed by atoms with van der Waals surface area (Å²) in [7, 11) is 0. The van der Waals surface area contributed by atoms with Crippen LogP contribution < -0.4 is 5.32 Å². The first kappa shape index (κ1) is 16.1. The fraction of sp³-hybridized carbons (Fsp3) is 0.400. The molecule has 0 atom stereocenters. The van der Waals surface area contributed by atoms with Gasteiger partial charge in [0.05, 0.1) is 10.3 Å². The van der Waals surface area contributed by atoms with Crippen LogP contribution in [0, 0.1) is 5.41 Å². The first-order chi connectivity index (χ1) is 11.1. The fourth-order valence-electron chi connectivity index (χ4n) is 2.46. The molecule has 0 radical (unpaired) electrons. The molecule has 1 aliphatic heterocycles. The lowest BCUT2D eigenvalue weighted by atomic mass is 9.80. The lowest BCUT2D eigenvalue weighted by Gasteiger charge is -2.32. The van der Waals surface area contributed by atoms with Gasteiger partial charge in [-0.05, 0) is 24.3 Å². The highest BCUT2D eigenvalue weighted by Crippen LogP contribution is 2.31. The third-order valence-corrected chi connectivity index (χ3v) is 5.84. The SMILES string of the molecule is O=C(NCC1(C(=O)O)CCOCC1)c1csc(-c2cccs2)n1. The molecule has 1 fully saturated rings. The van der Waals surface area contributed by atoms with Crippen LogP contribution in [0.4, 0.5) is 0 Å². The number of aliphatic carboxylic acids is 1. The predicted octanol–water partition coefficient (Wildman–Crippen LogP) is 2.48. The number of hydrogen-bond acceptors (Lipinski definition) is 6. The molecule has 0 aliphatic carbocycles. The Bertz CT molecular complexity index is 690. The van der Waals surface area contributed by atoms with Crippen LogP contribution in [-0.4, -0.2) is 41.7 Å². The summed E-state index contributed by atoms with van der Waals surface area (Å²) in [4.78, 5) is 29.2. The number of carbonyl (C=O) groups is 2. The highest BCUT2D eigenvalue weighted by Gasteiger charge is 2.40. The van der Waals surface area contributed by atoms with Gasteiger partial charge in [0.1, 0.15) is 10.7 Å². The molecule has 1 saturated heterocycles. The van der Waals surface area contributed by atoms with Crippen LogP contribution in [-0.2, 0) is 9.53 Å². The van der Waals surface area contributed by atoms with E-state index in [-0.39, 0.29) is 12.5 Å². The van der Waals surface area contributed by atoms with Crippen molar-refractivity contribution in [2.45, 2.75) is 12.8 Å². The standard InChI is InChI=1S/C15H16N2O4S2/c18-12(10-8-23-13(17-10)11-2-1-7-22-11)16-9-15(14(19)20)3-5-21-6-4-15/h1-2,7-8H,3-6,9H2,(H,16,18)(H,19,20). The Hall–Kier alpha value is -1.77. The molecule has 1 aliphatic rings. The van der Waals surface area contributed by atoms with Crippen LogP contribution in [0.1, 0.15) is 23.3 Å². The number of nitrogens with one attached hydrogen (secondary N) is 1. The van der Waals surface area contributed by atoms with E-state index in [1.54, 1.807) is 16.7 Å². The molecule has 122 valence electrons. The largest absolute Gasteiger partial charge is 0.481 e. The molecular weight excluding hydrogens is 336 g/mol. The van der Waals surface area contributed by atoms with Gasteiger partial charge in [0, 0.05) is 25.1 Å². The van der Waals surface area contributed by atoms with Crippen molar-refractivity contribution in [3.63, 3.8) is 0 Å². The number of carboxylic acid groups (broad SMARTS) is 1. The maximum absolute atomic E-state index is 12.2. The van der Waals surface area contributed by atoms with E-state index in [1.165, 1.54) is 11.3 Å². The minimum atomic E-state index is -0.944. The summed E-state index contributed by atoms with van der Waals surface area (Å²) < 4.78 is 5.23. The summed E-state index contributed by atoms with van der Waals surface area (Å²) >= 11 is 2.97. The minimum Gasteiger partial charge on any atom is -0.481 e. The lowest BCUT2D eigenvalue weighted by molar-refractivity contribution is -0.154. The Balaban J connectivity index is 1.66. The molecule has 0 bridgehead atoms. The van der Waals surface area contributed by atoms with E-state index >= 15 is 0 Å². The number of carboxylic acids is 1. The number of carbonyl (C=O) groups excluding carboxylic acids is 1. The molecule has 0 spiro atoms. The zero-order chi connectivity index (χ0) is 16.3. The average Bonchev–Trinajstić information content (AvgIpc) is 3.24. The molecule has 8 heteroatoms. The summed E-state index contributed by atoms with van der Waals surface area (Å²) in [6.07, 6.45) is 0.806. The number of ether oxygens (including phenoxy) is 1. The first-order valence-electron chi connectivity index (χ1n) is 7.19. The molecule has 2 aromatic rings. The van der Waals surface area contributed by atoms with Crippen LogP contribution in [0.3, 0.4) is 0 Å². The topological polar surface area (TPSA) is 88.5 Å². The van der Waals surface area contributed by atoms with Crippen molar-refractivity contribution in [3.05, 3.63) is 28.6 Å². The Labute approximate surface area is 141 Å². The second-order valence-corrected chi connectivity index (χ2v) is 7.20. The van der Waals surface area contributed by atoms with Crippen molar-refractivity contribution < 1.29 is 19.4 Å². The van der Waals surface area contributed by atoms with Gasteiger partial charge in [-0.1, -0.05) is 6.07 Å². The van der Waals surface area contributed by atoms with E-state index in [0.29, 0.717) is 31.7 Å². The zero-order valence-electron chi connectivity index (χ0n) is 12.3. The van der Waals surface area contributed by atoms with E-state index in [0.717, 1.165) is 9.88 Å². The van der Waals surface area contributed by atoms with Gasteiger partial charge in [-0.15, -0.1) is 22.7 Å². The molecule has 1 amide bonds. The predicted molar refractivity (Wildman–Crippen MR) is 87.9 cm³/mol. The van der Waals surface area contributed by atoms with Crippen molar-refractivity contribution in [2.24, 2.45) is 5.41 Å². The Morgan fingerprint density at radius 1 is 1.35 bits per heavy atom. The summed E-state index contributed by atoms with van der Waals surface area (Å²) in [5, 5.41) is 16.7. The lowest BCUT2D eigenvalue weighted by Crippen LogP contribution is -2.46. The molecule has 2 N–H and O–H groups in total. The van der Waals surface area contributed by atoms with Crippen LogP contribution in [0.5, 0.6) is 0 Å². The fourth-order valence-corrected chi connectivity index (χ4v) is 4.07. The van der Waals surface area contributed by atoms with Crippen molar-refractivity contribution in [2.75, 3.05) is 19.8 Å². The molecule has 6 nitrogen and oxygen atoms in total. The van der Waals surface area contributed by atoms with Crippen molar-refractivity contribution in [1.29, 1.82) is 0 Å². The van der Waals surface area contributed by atoms with Gasteiger partial charge >= 0.3 is 5.97 Å². The molecule has 2 aromatic heterocycles.